The third-order valence-corrected chi connectivity index (χ3v) is 4.94. The van der Waals surface area contributed by atoms with Crippen molar-refractivity contribution in [3.8, 4) is 0 Å². The van der Waals surface area contributed by atoms with Gasteiger partial charge in [-0.2, -0.15) is 0 Å². The molecule has 3 rings (SSSR count). The zero-order valence-corrected chi connectivity index (χ0v) is 18.9. The number of nitrogens with one attached hydrogen (secondary N) is 1. The number of benzene rings is 2. The first-order valence-corrected chi connectivity index (χ1v) is 9.39. The van der Waals surface area contributed by atoms with Gasteiger partial charge in [0.2, 0.25) is 0 Å². The highest BCUT2D eigenvalue weighted by Gasteiger charge is 2.25. The smallest absolute Gasteiger partial charge is 0.193 e. The second-order valence-electron chi connectivity index (χ2n) is 7.30. The maximum atomic E-state index is 4.49. The van der Waals surface area contributed by atoms with Gasteiger partial charge >= 0.3 is 0 Å². The van der Waals surface area contributed by atoms with Crippen molar-refractivity contribution in [2.24, 2.45) is 4.99 Å². The van der Waals surface area contributed by atoms with Crippen LogP contribution in [-0.2, 0) is 13.1 Å². The van der Waals surface area contributed by atoms with Crippen molar-refractivity contribution < 1.29 is 0 Å². The van der Waals surface area contributed by atoms with Crippen LogP contribution >= 0.6 is 24.0 Å². The molecule has 1 heterocycles. The van der Waals surface area contributed by atoms with Crippen molar-refractivity contribution in [1.29, 1.82) is 0 Å². The van der Waals surface area contributed by atoms with Crippen LogP contribution in [0.2, 0.25) is 0 Å². The summed E-state index contributed by atoms with van der Waals surface area (Å²) in [7, 11) is 6.06. The first kappa shape index (κ1) is 21.7. The SMILES string of the molecule is CN=C(NCc1ccc(CN(C)C)cc1)N1CCC(c2ccccc2)C1.I. The lowest BCUT2D eigenvalue weighted by atomic mass is 9.99. The van der Waals surface area contributed by atoms with Gasteiger partial charge in [0.1, 0.15) is 0 Å². The molecule has 0 radical (unpaired) electrons. The summed E-state index contributed by atoms with van der Waals surface area (Å²) in [4.78, 5) is 9.05. The van der Waals surface area contributed by atoms with Gasteiger partial charge in [-0.1, -0.05) is 54.6 Å². The minimum absolute atomic E-state index is 0. The molecule has 2 aromatic rings. The predicted molar refractivity (Wildman–Crippen MR) is 125 cm³/mol. The molecular weight excluding hydrogens is 447 g/mol. The van der Waals surface area contributed by atoms with Gasteiger partial charge in [-0.3, -0.25) is 4.99 Å². The molecule has 0 aromatic heterocycles. The summed E-state index contributed by atoms with van der Waals surface area (Å²) < 4.78 is 0. The van der Waals surface area contributed by atoms with Crippen molar-refractivity contribution in [3.63, 3.8) is 0 Å². The van der Waals surface area contributed by atoms with Gasteiger partial charge in [0, 0.05) is 39.1 Å². The van der Waals surface area contributed by atoms with Crippen LogP contribution in [0.4, 0.5) is 0 Å². The van der Waals surface area contributed by atoms with Crippen LogP contribution in [0.3, 0.4) is 0 Å². The highest BCUT2D eigenvalue weighted by Crippen LogP contribution is 2.26. The molecule has 1 aliphatic rings. The first-order chi connectivity index (χ1) is 12.7. The summed E-state index contributed by atoms with van der Waals surface area (Å²) in [5.41, 5.74) is 4.06. The number of nitrogens with zero attached hydrogens (tertiary/aromatic N) is 3. The van der Waals surface area contributed by atoms with E-state index in [-0.39, 0.29) is 24.0 Å². The molecule has 1 atom stereocenters. The summed E-state index contributed by atoms with van der Waals surface area (Å²) in [6.07, 6.45) is 1.18. The van der Waals surface area contributed by atoms with Gasteiger partial charge in [-0.15, -0.1) is 24.0 Å². The van der Waals surface area contributed by atoms with Crippen molar-refractivity contribution in [3.05, 3.63) is 71.3 Å². The predicted octanol–water partition coefficient (Wildman–Crippen LogP) is 3.93. The van der Waals surface area contributed by atoms with Crippen LogP contribution in [0.1, 0.15) is 29.0 Å². The summed E-state index contributed by atoms with van der Waals surface area (Å²) >= 11 is 0. The molecule has 146 valence electrons. The number of hydrogen-bond acceptors (Lipinski definition) is 2. The van der Waals surface area contributed by atoms with Crippen molar-refractivity contribution in [1.82, 2.24) is 15.1 Å². The lowest BCUT2D eigenvalue weighted by Gasteiger charge is -2.22. The van der Waals surface area contributed by atoms with Crippen LogP contribution in [0, 0.1) is 0 Å². The molecule has 0 spiro atoms. The number of aliphatic imine (C=N–C) groups is 1. The second kappa shape index (κ2) is 10.7. The molecule has 27 heavy (non-hydrogen) atoms. The molecule has 1 fully saturated rings. The fourth-order valence-corrected chi connectivity index (χ4v) is 3.59. The summed E-state index contributed by atoms with van der Waals surface area (Å²) in [5, 5.41) is 3.53. The normalized spacial score (nSPS) is 17.1. The van der Waals surface area contributed by atoms with Crippen LogP contribution in [0.25, 0.3) is 0 Å². The monoisotopic (exact) mass is 478 g/mol. The molecule has 2 aromatic carbocycles. The van der Waals surface area contributed by atoms with Gasteiger partial charge in [0.15, 0.2) is 5.96 Å². The van der Waals surface area contributed by atoms with E-state index >= 15 is 0 Å². The molecule has 0 aliphatic carbocycles. The molecular formula is C22H31IN4. The number of likely N-dealkylation sites (tertiary alicyclic amines) is 1. The molecule has 1 N–H and O–H groups in total. The summed E-state index contributed by atoms with van der Waals surface area (Å²) in [6.45, 7) is 3.87. The highest BCUT2D eigenvalue weighted by atomic mass is 127. The fraction of sp³-hybridized carbons (Fsp3) is 0.409. The molecule has 1 aliphatic heterocycles. The molecule has 0 bridgehead atoms. The Kier molecular flexibility index (Phi) is 8.57. The minimum Gasteiger partial charge on any atom is -0.352 e. The van der Waals surface area contributed by atoms with Crippen LogP contribution in [-0.4, -0.2) is 50.0 Å². The zero-order chi connectivity index (χ0) is 18.4. The Morgan fingerprint density at radius 1 is 1.07 bits per heavy atom. The average Bonchev–Trinajstić information content (AvgIpc) is 3.14. The van der Waals surface area contributed by atoms with Gasteiger partial charge in [0.25, 0.3) is 0 Å². The van der Waals surface area contributed by atoms with E-state index in [4.69, 9.17) is 0 Å². The number of rotatable bonds is 5. The molecule has 1 saturated heterocycles. The van der Waals surface area contributed by atoms with E-state index in [0.29, 0.717) is 5.92 Å². The average molecular weight is 478 g/mol. The van der Waals surface area contributed by atoms with E-state index in [1.807, 2.05) is 7.05 Å². The van der Waals surface area contributed by atoms with E-state index in [0.717, 1.165) is 32.1 Å². The van der Waals surface area contributed by atoms with Crippen molar-refractivity contribution in [2.75, 3.05) is 34.2 Å². The van der Waals surface area contributed by atoms with Gasteiger partial charge in [-0.25, -0.2) is 0 Å². The standard InChI is InChI=1S/C22H30N4.HI/c1-23-22(24-15-18-9-11-19(12-10-18)16-25(2)3)26-14-13-21(17-26)20-7-5-4-6-8-20;/h4-12,21H,13-17H2,1-3H3,(H,23,24);1H. The maximum absolute atomic E-state index is 4.49. The van der Waals surface area contributed by atoms with Crippen molar-refractivity contribution in [2.45, 2.75) is 25.4 Å². The molecule has 0 amide bonds. The van der Waals surface area contributed by atoms with Crippen LogP contribution in [0.5, 0.6) is 0 Å². The third-order valence-electron chi connectivity index (χ3n) is 4.94. The Balaban J connectivity index is 0.00000261. The van der Waals surface area contributed by atoms with Crippen molar-refractivity contribution >= 4 is 29.9 Å². The van der Waals surface area contributed by atoms with E-state index in [2.05, 4.69) is 88.8 Å². The number of hydrogen-bond donors (Lipinski definition) is 1. The van der Waals surface area contributed by atoms with Gasteiger partial charge in [0.05, 0.1) is 0 Å². The fourth-order valence-electron chi connectivity index (χ4n) is 3.59. The highest BCUT2D eigenvalue weighted by molar-refractivity contribution is 14.0. The Bertz CT molecular complexity index is 713. The summed E-state index contributed by atoms with van der Waals surface area (Å²) in [6, 6.07) is 19.6. The van der Waals surface area contributed by atoms with Gasteiger partial charge in [-0.05, 0) is 37.2 Å². The minimum atomic E-state index is 0. The largest absolute Gasteiger partial charge is 0.352 e. The van der Waals surface area contributed by atoms with E-state index in [1.54, 1.807) is 0 Å². The van der Waals surface area contributed by atoms with E-state index < -0.39 is 0 Å². The quantitative estimate of drug-likeness (QED) is 0.402. The van der Waals surface area contributed by atoms with E-state index in [1.165, 1.54) is 23.1 Å². The first-order valence-electron chi connectivity index (χ1n) is 9.39. The Hall–Kier alpha value is -1.60. The van der Waals surface area contributed by atoms with Crippen LogP contribution < -0.4 is 5.32 Å². The third kappa shape index (κ3) is 6.21. The zero-order valence-electron chi connectivity index (χ0n) is 16.6. The Morgan fingerprint density at radius 3 is 2.37 bits per heavy atom. The Labute approximate surface area is 180 Å². The summed E-state index contributed by atoms with van der Waals surface area (Å²) in [5.74, 6) is 1.60. The molecule has 4 nitrogen and oxygen atoms in total. The molecule has 5 heteroatoms. The number of halogens is 1. The molecule has 1 unspecified atom stereocenters. The Morgan fingerprint density at radius 2 is 1.74 bits per heavy atom. The molecule has 0 saturated carbocycles. The van der Waals surface area contributed by atoms with Crippen LogP contribution in [0.15, 0.2) is 59.6 Å². The number of guanidine groups is 1. The lowest BCUT2D eigenvalue weighted by molar-refractivity contribution is 0.402. The maximum Gasteiger partial charge on any atom is 0.193 e. The second-order valence-corrected chi connectivity index (χ2v) is 7.30. The topological polar surface area (TPSA) is 30.9 Å². The lowest BCUT2D eigenvalue weighted by Crippen LogP contribution is -2.39. The van der Waals surface area contributed by atoms with Gasteiger partial charge < -0.3 is 15.1 Å². The van der Waals surface area contributed by atoms with E-state index in [9.17, 15) is 0 Å².